The van der Waals surface area contributed by atoms with E-state index in [0.717, 1.165) is 17.8 Å². The number of phenols is 2. The van der Waals surface area contributed by atoms with Crippen molar-refractivity contribution in [2.75, 3.05) is 5.73 Å². The molecule has 0 aliphatic carbocycles. The summed E-state index contributed by atoms with van der Waals surface area (Å²) in [7, 11) is 0. The molecule has 0 spiro atoms. The molecule has 0 bridgehead atoms. The van der Waals surface area contributed by atoms with E-state index >= 15 is 0 Å². The van der Waals surface area contributed by atoms with Crippen molar-refractivity contribution in [3.05, 3.63) is 54.1 Å². The van der Waals surface area contributed by atoms with Crippen molar-refractivity contribution in [2.24, 2.45) is 0 Å². The molecule has 0 saturated carbocycles. The third kappa shape index (κ3) is 4.05. The third-order valence-corrected chi connectivity index (χ3v) is 2.01. The number of para-hydroxylation sites is 1. The van der Waals surface area contributed by atoms with E-state index in [1.165, 1.54) is 6.07 Å². The maximum Gasteiger partial charge on any atom is 0.339 e. The molecule has 0 atom stereocenters. The van der Waals surface area contributed by atoms with E-state index in [2.05, 4.69) is 0 Å². The highest BCUT2D eigenvalue weighted by Crippen LogP contribution is 2.21. The fourth-order valence-electron chi connectivity index (χ4n) is 1.15. The Morgan fingerprint density at radius 1 is 1.00 bits per heavy atom. The Labute approximate surface area is 104 Å². The summed E-state index contributed by atoms with van der Waals surface area (Å²) in [4.78, 5) is 10.3. The van der Waals surface area contributed by atoms with Crippen LogP contribution in [0.5, 0.6) is 11.5 Å². The molecule has 0 aliphatic heterocycles. The van der Waals surface area contributed by atoms with Gasteiger partial charge in [0.15, 0.2) is 0 Å². The number of carbonyl (C=O) groups is 1. The minimum Gasteiger partial charge on any atom is -0.508 e. The Hall–Kier alpha value is -2.69. The van der Waals surface area contributed by atoms with E-state index in [1.807, 2.05) is 30.3 Å². The minimum absolute atomic E-state index is 0.160. The molecule has 5 N–H and O–H groups in total. The summed E-state index contributed by atoms with van der Waals surface area (Å²) in [6, 6.07) is 12.8. The Morgan fingerprint density at radius 3 is 2.00 bits per heavy atom. The van der Waals surface area contributed by atoms with Crippen molar-refractivity contribution >= 4 is 11.7 Å². The van der Waals surface area contributed by atoms with Gasteiger partial charge in [0.1, 0.15) is 17.1 Å². The van der Waals surface area contributed by atoms with Gasteiger partial charge in [-0.1, -0.05) is 18.2 Å². The highest BCUT2D eigenvalue weighted by Gasteiger charge is 2.08. The lowest BCUT2D eigenvalue weighted by Crippen LogP contribution is -1.95. The highest BCUT2D eigenvalue weighted by molar-refractivity contribution is 5.90. The molecule has 0 radical (unpaired) electrons. The van der Waals surface area contributed by atoms with Crippen LogP contribution in [0.25, 0.3) is 0 Å². The van der Waals surface area contributed by atoms with Gasteiger partial charge in [-0.15, -0.1) is 0 Å². The summed E-state index contributed by atoms with van der Waals surface area (Å²) in [6.07, 6.45) is 0. The smallest absolute Gasteiger partial charge is 0.339 e. The number of carboxylic acid groups (broad SMARTS) is 1. The van der Waals surface area contributed by atoms with Gasteiger partial charge in [-0.3, -0.25) is 0 Å². The molecule has 0 aromatic heterocycles. The lowest BCUT2D eigenvalue weighted by atomic mass is 10.2. The Morgan fingerprint density at radius 2 is 1.61 bits per heavy atom. The first kappa shape index (κ1) is 13.4. The Bertz CT molecular complexity index is 526. The van der Waals surface area contributed by atoms with Crippen molar-refractivity contribution in [2.45, 2.75) is 0 Å². The van der Waals surface area contributed by atoms with Crippen LogP contribution < -0.4 is 5.73 Å². The molecule has 2 rings (SSSR count). The number of anilines is 1. The van der Waals surface area contributed by atoms with E-state index in [-0.39, 0.29) is 11.3 Å². The molecule has 5 nitrogen and oxygen atoms in total. The molecule has 94 valence electrons. The van der Waals surface area contributed by atoms with Crippen LogP contribution in [0.2, 0.25) is 0 Å². The normalized spacial score (nSPS) is 9.11. The summed E-state index contributed by atoms with van der Waals surface area (Å²) in [6.45, 7) is 0. The lowest BCUT2D eigenvalue weighted by Gasteiger charge is -1.97. The van der Waals surface area contributed by atoms with Gasteiger partial charge in [0.2, 0.25) is 0 Å². The first-order valence-corrected chi connectivity index (χ1v) is 5.06. The monoisotopic (exact) mass is 247 g/mol. The van der Waals surface area contributed by atoms with Gasteiger partial charge in [0.25, 0.3) is 0 Å². The van der Waals surface area contributed by atoms with Crippen LogP contribution in [-0.4, -0.2) is 21.3 Å². The van der Waals surface area contributed by atoms with Crippen LogP contribution in [-0.2, 0) is 0 Å². The average Bonchev–Trinajstić information content (AvgIpc) is 2.30. The van der Waals surface area contributed by atoms with Crippen molar-refractivity contribution in [1.82, 2.24) is 0 Å². The summed E-state index contributed by atoms with van der Waals surface area (Å²) in [5.74, 6) is -1.81. The van der Waals surface area contributed by atoms with Crippen LogP contribution >= 0.6 is 0 Å². The summed E-state index contributed by atoms with van der Waals surface area (Å²) in [5, 5.41) is 26.1. The predicted molar refractivity (Wildman–Crippen MR) is 67.6 cm³/mol. The van der Waals surface area contributed by atoms with Gasteiger partial charge in [-0.05, 0) is 24.3 Å². The van der Waals surface area contributed by atoms with Gasteiger partial charge in [0, 0.05) is 11.8 Å². The number of nitrogen functional groups attached to an aromatic ring is 1. The molecule has 0 heterocycles. The summed E-state index contributed by atoms with van der Waals surface area (Å²) in [5.41, 5.74) is 5.96. The molecular weight excluding hydrogens is 234 g/mol. The molecule has 2 aromatic rings. The second-order valence-corrected chi connectivity index (χ2v) is 3.42. The highest BCUT2D eigenvalue weighted by atomic mass is 16.4. The van der Waals surface area contributed by atoms with Gasteiger partial charge in [-0.25, -0.2) is 4.79 Å². The Kier molecular flexibility index (Phi) is 4.57. The molecule has 5 heteroatoms. The van der Waals surface area contributed by atoms with Crippen molar-refractivity contribution in [1.29, 1.82) is 0 Å². The standard InChI is InChI=1S/C7H6O4.C6H7N/c8-4-1-2-5(7(10)11)6(9)3-4;7-6-4-2-1-3-5-6/h1-3,8-9H,(H,10,11);1-5H,7H2. The minimum atomic E-state index is -1.22. The second kappa shape index (κ2) is 6.15. The zero-order chi connectivity index (χ0) is 13.5. The van der Waals surface area contributed by atoms with Crippen LogP contribution in [0.1, 0.15) is 10.4 Å². The van der Waals surface area contributed by atoms with Crippen molar-refractivity contribution in [3.63, 3.8) is 0 Å². The number of rotatable bonds is 1. The van der Waals surface area contributed by atoms with Crippen LogP contribution in [0, 0.1) is 0 Å². The number of aromatic carboxylic acids is 1. The topological polar surface area (TPSA) is 104 Å². The van der Waals surface area contributed by atoms with Gasteiger partial charge >= 0.3 is 5.97 Å². The molecule has 18 heavy (non-hydrogen) atoms. The van der Waals surface area contributed by atoms with E-state index in [1.54, 1.807) is 0 Å². The lowest BCUT2D eigenvalue weighted by molar-refractivity contribution is 0.0693. The first-order valence-electron chi connectivity index (χ1n) is 5.06. The van der Waals surface area contributed by atoms with E-state index in [9.17, 15) is 4.79 Å². The molecule has 2 aromatic carbocycles. The number of benzene rings is 2. The zero-order valence-electron chi connectivity index (χ0n) is 9.45. The molecular formula is C13H13NO4. The number of carboxylic acids is 1. The fourth-order valence-corrected chi connectivity index (χ4v) is 1.15. The SMILES string of the molecule is Nc1ccccc1.O=C(O)c1ccc(O)cc1O. The van der Waals surface area contributed by atoms with Gasteiger partial charge in [-0.2, -0.15) is 0 Å². The van der Waals surface area contributed by atoms with Crippen LogP contribution in [0.15, 0.2) is 48.5 Å². The molecule has 0 saturated heterocycles. The maximum atomic E-state index is 10.3. The third-order valence-electron chi connectivity index (χ3n) is 2.01. The van der Waals surface area contributed by atoms with Gasteiger partial charge in [0.05, 0.1) is 0 Å². The quantitative estimate of drug-likeness (QED) is 0.577. The molecule has 0 fully saturated rings. The van der Waals surface area contributed by atoms with E-state index < -0.39 is 11.7 Å². The summed E-state index contributed by atoms with van der Waals surface area (Å²) < 4.78 is 0. The van der Waals surface area contributed by atoms with Crippen molar-refractivity contribution < 1.29 is 20.1 Å². The first-order chi connectivity index (χ1) is 8.50. The molecule has 0 unspecified atom stereocenters. The molecule has 0 aliphatic rings. The summed E-state index contributed by atoms with van der Waals surface area (Å²) >= 11 is 0. The van der Waals surface area contributed by atoms with Crippen LogP contribution in [0.4, 0.5) is 5.69 Å². The Balaban J connectivity index is 0.000000199. The number of hydrogen-bond donors (Lipinski definition) is 4. The zero-order valence-corrected chi connectivity index (χ0v) is 9.45. The fraction of sp³-hybridized carbons (Fsp3) is 0. The number of aromatic hydroxyl groups is 2. The largest absolute Gasteiger partial charge is 0.508 e. The van der Waals surface area contributed by atoms with E-state index in [0.29, 0.717) is 0 Å². The molecule has 0 amide bonds. The average molecular weight is 247 g/mol. The number of phenolic OH excluding ortho intramolecular Hbond substituents is 1. The number of nitrogens with two attached hydrogens (primary N) is 1. The number of hydrogen-bond acceptors (Lipinski definition) is 4. The second-order valence-electron chi connectivity index (χ2n) is 3.42. The maximum absolute atomic E-state index is 10.3. The predicted octanol–water partition coefficient (Wildman–Crippen LogP) is 2.06. The van der Waals surface area contributed by atoms with Gasteiger partial charge < -0.3 is 21.1 Å². The van der Waals surface area contributed by atoms with Crippen LogP contribution in [0.3, 0.4) is 0 Å². The van der Waals surface area contributed by atoms with E-state index in [4.69, 9.17) is 21.1 Å². The van der Waals surface area contributed by atoms with Crippen molar-refractivity contribution in [3.8, 4) is 11.5 Å².